The summed E-state index contributed by atoms with van der Waals surface area (Å²) < 4.78 is 0. The maximum atomic E-state index is 13.3. The van der Waals surface area contributed by atoms with Crippen molar-refractivity contribution in [3.8, 4) is 0 Å². The Labute approximate surface area is 202 Å². The normalized spacial score (nSPS) is 46.4. The van der Waals surface area contributed by atoms with Crippen LogP contribution in [0, 0.1) is 35.0 Å². The summed E-state index contributed by atoms with van der Waals surface area (Å²) in [5.74, 6) is 3.76. The summed E-state index contributed by atoms with van der Waals surface area (Å²) in [7, 11) is 0. The monoisotopic (exact) mass is 464 g/mol. The number of carbonyl (C=O) groups is 1. The van der Waals surface area contributed by atoms with Gasteiger partial charge in [0.1, 0.15) is 0 Å². The lowest BCUT2D eigenvalue weighted by molar-refractivity contribution is -0.144. The number of aliphatic hydroxyl groups is 1. The van der Waals surface area contributed by atoms with Crippen LogP contribution < -0.4 is 10.6 Å². The predicted molar refractivity (Wildman–Crippen MR) is 133 cm³/mol. The van der Waals surface area contributed by atoms with Crippen LogP contribution in [0.4, 0.5) is 5.69 Å². The molecule has 1 aromatic carbocycles. The van der Waals surface area contributed by atoms with Gasteiger partial charge in [-0.1, -0.05) is 12.1 Å². The van der Waals surface area contributed by atoms with Gasteiger partial charge in [0, 0.05) is 5.69 Å². The van der Waals surface area contributed by atoms with Gasteiger partial charge in [0.05, 0.1) is 11.0 Å². The molecule has 3 N–H and O–H groups in total. The summed E-state index contributed by atoms with van der Waals surface area (Å²) in [5, 5.41) is 17.9. The van der Waals surface area contributed by atoms with Crippen LogP contribution >= 0.6 is 12.2 Å². The number of hydrogen-bond acceptors (Lipinski definition) is 3. The van der Waals surface area contributed by atoms with E-state index >= 15 is 0 Å². The average Bonchev–Trinajstić information content (AvgIpc) is 2.71. The van der Waals surface area contributed by atoms with Crippen molar-refractivity contribution in [1.29, 1.82) is 0 Å². The van der Waals surface area contributed by atoms with E-state index in [0.29, 0.717) is 16.9 Å². The first kappa shape index (κ1) is 20.9. The second-order valence-corrected chi connectivity index (χ2v) is 13.6. The first-order chi connectivity index (χ1) is 15.8. The Bertz CT molecular complexity index is 952. The highest BCUT2D eigenvalue weighted by molar-refractivity contribution is 7.80. The van der Waals surface area contributed by atoms with Crippen molar-refractivity contribution in [1.82, 2.24) is 5.32 Å². The van der Waals surface area contributed by atoms with Crippen molar-refractivity contribution in [3.05, 3.63) is 29.8 Å². The molecule has 0 radical (unpaired) electrons. The number of rotatable bonds is 3. The van der Waals surface area contributed by atoms with Gasteiger partial charge < -0.3 is 15.7 Å². The second-order valence-electron chi connectivity index (χ2n) is 13.1. The maximum Gasteiger partial charge on any atom is 0.232 e. The SMILES string of the molecule is O=C(NC(=S)Nc1ccc(C23CC4CC(CC(O)(C4)C2)C3)cc1)C12CC3CC(CC(C3)C1)C2. The van der Waals surface area contributed by atoms with Gasteiger partial charge in [-0.05, 0) is 142 Å². The third kappa shape index (κ3) is 3.40. The van der Waals surface area contributed by atoms with E-state index in [-0.39, 0.29) is 16.7 Å². The van der Waals surface area contributed by atoms with Gasteiger partial charge in [-0.3, -0.25) is 4.79 Å². The van der Waals surface area contributed by atoms with Gasteiger partial charge in [0.2, 0.25) is 5.91 Å². The molecule has 0 heterocycles. The van der Waals surface area contributed by atoms with Gasteiger partial charge in [0.15, 0.2) is 5.11 Å². The molecule has 176 valence electrons. The van der Waals surface area contributed by atoms with E-state index < -0.39 is 5.60 Å². The van der Waals surface area contributed by atoms with Crippen molar-refractivity contribution in [2.24, 2.45) is 35.0 Å². The summed E-state index contributed by atoms with van der Waals surface area (Å²) >= 11 is 5.55. The number of benzene rings is 1. The molecular formula is C28H36N2O2S. The Morgan fingerprint density at radius 3 is 1.91 bits per heavy atom. The molecule has 1 aromatic rings. The molecule has 0 aromatic heterocycles. The number of anilines is 1. The molecule has 4 nitrogen and oxygen atoms in total. The predicted octanol–water partition coefficient (Wildman–Crippen LogP) is 5.30. The third-order valence-corrected chi connectivity index (χ3v) is 10.7. The van der Waals surface area contributed by atoms with Gasteiger partial charge in [0.25, 0.3) is 0 Å². The summed E-state index contributed by atoms with van der Waals surface area (Å²) in [5.41, 5.74) is 1.82. The molecule has 8 fully saturated rings. The van der Waals surface area contributed by atoms with Crippen molar-refractivity contribution in [3.63, 3.8) is 0 Å². The molecule has 2 atom stereocenters. The fourth-order valence-corrected chi connectivity index (χ4v) is 10.5. The Balaban J connectivity index is 1.02. The molecule has 9 rings (SSSR count). The fourth-order valence-electron chi connectivity index (χ4n) is 10.2. The molecule has 8 aliphatic carbocycles. The van der Waals surface area contributed by atoms with Gasteiger partial charge in [-0.15, -0.1) is 0 Å². The number of amides is 1. The van der Waals surface area contributed by atoms with Crippen LogP contribution in [-0.2, 0) is 10.2 Å². The first-order valence-electron chi connectivity index (χ1n) is 13.3. The van der Waals surface area contributed by atoms with E-state index in [2.05, 4.69) is 34.9 Å². The Morgan fingerprint density at radius 2 is 1.36 bits per heavy atom. The van der Waals surface area contributed by atoms with E-state index in [1.807, 2.05) is 0 Å². The van der Waals surface area contributed by atoms with Crippen LogP contribution in [0.25, 0.3) is 0 Å². The topological polar surface area (TPSA) is 61.4 Å². The lowest BCUT2D eigenvalue weighted by atomic mass is 9.46. The summed E-state index contributed by atoms with van der Waals surface area (Å²) in [4.78, 5) is 13.3. The minimum atomic E-state index is -0.440. The molecule has 33 heavy (non-hydrogen) atoms. The smallest absolute Gasteiger partial charge is 0.232 e. The van der Waals surface area contributed by atoms with Crippen LogP contribution in [0.1, 0.15) is 82.6 Å². The van der Waals surface area contributed by atoms with Gasteiger partial charge in [-0.25, -0.2) is 0 Å². The zero-order chi connectivity index (χ0) is 22.4. The number of hydrogen-bond donors (Lipinski definition) is 3. The zero-order valence-electron chi connectivity index (χ0n) is 19.4. The highest BCUT2D eigenvalue weighted by atomic mass is 32.1. The summed E-state index contributed by atoms with van der Waals surface area (Å²) in [6.45, 7) is 0. The Kier molecular flexibility index (Phi) is 4.45. The fraction of sp³-hybridized carbons (Fsp3) is 0.714. The highest BCUT2D eigenvalue weighted by Gasteiger charge is 2.58. The molecule has 5 heteroatoms. The van der Waals surface area contributed by atoms with Crippen LogP contribution in [-0.4, -0.2) is 21.7 Å². The largest absolute Gasteiger partial charge is 0.390 e. The van der Waals surface area contributed by atoms with Crippen molar-refractivity contribution >= 4 is 28.9 Å². The lowest BCUT2D eigenvalue weighted by Crippen LogP contribution is -2.57. The molecule has 0 saturated heterocycles. The minimum Gasteiger partial charge on any atom is -0.390 e. The maximum absolute atomic E-state index is 13.3. The molecule has 0 aliphatic heterocycles. The standard InChI is InChI=1S/C28H36N2O2S/c31-24(26-9-17-5-18(10-26)7-19(6-17)11-26)30-25(33)29-23-3-1-22(2-4-23)27-12-20-8-21(13-27)15-28(32,14-20)16-27/h1-4,17-21,32H,5-16H2,(H2,29,30,31,33). The molecule has 8 aliphatic rings. The number of thiocarbonyl (C=S) groups is 1. The van der Waals surface area contributed by atoms with Crippen LogP contribution in [0.15, 0.2) is 24.3 Å². The molecular weight excluding hydrogens is 428 g/mol. The van der Waals surface area contributed by atoms with Gasteiger partial charge >= 0.3 is 0 Å². The summed E-state index contributed by atoms with van der Waals surface area (Å²) in [6, 6.07) is 8.65. The van der Waals surface area contributed by atoms with E-state index in [1.54, 1.807) is 0 Å². The summed E-state index contributed by atoms with van der Waals surface area (Å²) in [6.07, 6.45) is 13.8. The number of carbonyl (C=O) groups excluding carboxylic acids is 1. The van der Waals surface area contributed by atoms with E-state index in [1.165, 1.54) is 44.1 Å². The second kappa shape index (κ2) is 7.04. The van der Waals surface area contributed by atoms with Crippen molar-refractivity contribution < 1.29 is 9.90 Å². The third-order valence-electron chi connectivity index (χ3n) is 10.5. The van der Waals surface area contributed by atoms with Crippen LogP contribution in [0.5, 0.6) is 0 Å². The number of nitrogens with one attached hydrogen (secondary N) is 2. The van der Waals surface area contributed by atoms with E-state index in [4.69, 9.17) is 12.2 Å². The Hall–Kier alpha value is -1.46. The van der Waals surface area contributed by atoms with Crippen LogP contribution in [0.3, 0.4) is 0 Å². The lowest BCUT2D eigenvalue weighted by Gasteiger charge is -2.60. The molecule has 2 unspecified atom stereocenters. The van der Waals surface area contributed by atoms with E-state index in [9.17, 15) is 9.90 Å². The molecule has 8 bridgehead atoms. The molecule has 1 amide bonds. The van der Waals surface area contributed by atoms with Crippen molar-refractivity contribution in [2.45, 2.75) is 88.1 Å². The minimum absolute atomic E-state index is 0.143. The van der Waals surface area contributed by atoms with Crippen LogP contribution in [0.2, 0.25) is 0 Å². The Morgan fingerprint density at radius 1 is 0.818 bits per heavy atom. The van der Waals surface area contributed by atoms with Gasteiger partial charge in [-0.2, -0.15) is 0 Å². The zero-order valence-corrected chi connectivity index (χ0v) is 20.3. The average molecular weight is 465 g/mol. The van der Waals surface area contributed by atoms with E-state index in [0.717, 1.165) is 62.0 Å². The quantitative estimate of drug-likeness (QED) is 0.531. The molecule has 8 saturated carbocycles. The first-order valence-corrected chi connectivity index (χ1v) is 13.7. The molecule has 0 spiro atoms. The highest BCUT2D eigenvalue weighted by Crippen LogP contribution is 2.62. The van der Waals surface area contributed by atoms with Crippen molar-refractivity contribution in [2.75, 3.05) is 5.32 Å².